The molecule has 0 saturated carbocycles. The van der Waals surface area contributed by atoms with E-state index in [0.29, 0.717) is 29.2 Å². The van der Waals surface area contributed by atoms with Crippen molar-refractivity contribution in [1.29, 1.82) is 0 Å². The third-order valence-electron chi connectivity index (χ3n) is 4.01. The van der Waals surface area contributed by atoms with Crippen LogP contribution < -0.4 is 15.4 Å². The van der Waals surface area contributed by atoms with Crippen molar-refractivity contribution in [1.82, 2.24) is 10.6 Å². The van der Waals surface area contributed by atoms with Crippen molar-refractivity contribution in [3.8, 4) is 5.75 Å². The number of guanidine groups is 1. The Morgan fingerprint density at radius 1 is 1.10 bits per heavy atom. The van der Waals surface area contributed by atoms with Crippen LogP contribution in [-0.2, 0) is 28.7 Å². The van der Waals surface area contributed by atoms with Gasteiger partial charge < -0.3 is 15.4 Å². The predicted octanol–water partition coefficient (Wildman–Crippen LogP) is 2.77. The maximum Gasteiger partial charge on any atom is 0.191 e. The second kappa shape index (κ2) is 10.2. The van der Waals surface area contributed by atoms with Crippen molar-refractivity contribution in [2.24, 2.45) is 4.99 Å². The molecule has 0 aromatic heterocycles. The maximum absolute atomic E-state index is 13.8. The van der Waals surface area contributed by atoms with Gasteiger partial charge in [0.25, 0.3) is 0 Å². The van der Waals surface area contributed by atoms with Gasteiger partial charge in [0.05, 0.1) is 19.4 Å². The van der Waals surface area contributed by atoms with Crippen molar-refractivity contribution in [2.45, 2.75) is 25.8 Å². The molecule has 0 spiro atoms. The molecule has 0 amide bonds. The Kier molecular flexibility index (Phi) is 7.95. The standard InChI is InChI=1S/C20H25F2N3O3S/c1-4-23-20(24-11-14-5-8-19(28-2)18(22)9-14)25-12-16-10-17(21)7-6-15(16)13-29(3,26)27/h5-10H,4,11-13H2,1-3H3,(H2,23,24,25). The monoisotopic (exact) mass is 425 g/mol. The van der Waals surface area contributed by atoms with Gasteiger partial charge in [0.1, 0.15) is 5.82 Å². The zero-order valence-electron chi connectivity index (χ0n) is 16.6. The number of nitrogens with one attached hydrogen (secondary N) is 2. The van der Waals surface area contributed by atoms with Gasteiger partial charge in [-0.1, -0.05) is 12.1 Å². The fraction of sp³-hybridized carbons (Fsp3) is 0.350. The number of hydrogen-bond donors (Lipinski definition) is 2. The molecule has 158 valence electrons. The lowest BCUT2D eigenvalue weighted by molar-refractivity contribution is 0.386. The van der Waals surface area contributed by atoms with Gasteiger partial charge in [-0.25, -0.2) is 22.2 Å². The van der Waals surface area contributed by atoms with E-state index in [4.69, 9.17) is 4.74 Å². The Hall–Kier alpha value is -2.68. The van der Waals surface area contributed by atoms with Crippen LogP contribution in [0, 0.1) is 11.6 Å². The topological polar surface area (TPSA) is 79.8 Å². The number of sulfone groups is 1. The zero-order valence-corrected chi connectivity index (χ0v) is 17.4. The fourth-order valence-electron chi connectivity index (χ4n) is 2.68. The summed E-state index contributed by atoms with van der Waals surface area (Å²) < 4.78 is 55.6. The molecular formula is C20H25F2N3O3S. The number of aliphatic imine (C=N–C) groups is 1. The van der Waals surface area contributed by atoms with Crippen LogP contribution in [0.15, 0.2) is 41.4 Å². The van der Waals surface area contributed by atoms with E-state index < -0.39 is 21.5 Å². The van der Waals surface area contributed by atoms with Crippen LogP contribution >= 0.6 is 0 Å². The molecule has 6 nitrogen and oxygen atoms in total. The Labute approximate surface area is 169 Å². The van der Waals surface area contributed by atoms with E-state index >= 15 is 0 Å². The van der Waals surface area contributed by atoms with Crippen molar-refractivity contribution in [3.63, 3.8) is 0 Å². The molecule has 0 radical (unpaired) electrons. The first kappa shape index (κ1) is 22.6. The number of rotatable bonds is 8. The van der Waals surface area contributed by atoms with Crippen LogP contribution in [0.5, 0.6) is 5.75 Å². The third kappa shape index (κ3) is 7.34. The van der Waals surface area contributed by atoms with Crippen LogP contribution in [0.3, 0.4) is 0 Å². The van der Waals surface area contributed by atoms with Gasteiger partial charge in [-0.3, -0.25) is 0 Å². The number of hydrogen-bond acceptors (Lipinski definition) is 4. The summed E-state index contributed by atoms with van der Waals surface area (Å²) in [7, 11) is -1.86. The van der Waals surface area contributed by atoms with Crippen LogP contribution in [-0.4, -0.2) is 34.3 Å². The third-order valence-corrected chi connectivity index (χ3v) is 4.85. The first-order valence-electron chi connectivity index (χ1n) is 9.01. The first-order valence-corrected chi connectivity index (χ1v) is 11.1. The van der Waals surface area contributed by atoms with E-state index in [9.17, 15) is 17.2 Å². The highest BCUT2D eigenvalue weighted by Gasteiger charge is 2.11. The van der Waals surface area contributed by atoms with Crippen molar-refractivity contribution in [2.75, 3.05) is 19.9 Å². The summed E-state index contributed by atoms with van der Waals surface area (Å²) in [6, 6.07) is 8.61. The number of nitrogens with zero attached hydrogens (tertiary/aromatic N) is 1. The Morgan fingerprint density at radius 3 is 2.48 bits per heavy atom. The van der Waals surface area contributed by atoms with Crippen molar-refractivity contribution < 1.29 is 21.9 Å². The molecular weight excluding hydrogens is 400 g/mol. The van der Waals surface area contributed by atoms with E-state index in [1.165, 1.54) is 37.4 Å². The van der Waals surface area contributed by atoms with E-state index in [-0.39, 0.29) is 24.6 Å². The average Bonchev–Trinajstić information content (AvgIpc) is 2.65. The lowest BCUT2D eigenvalue weighted by atomic mass is 10.1. The maximum atomic E-state index is 13.8. The molecule has 29 heavy (non-hydrogen) atoms. The minimum atomic E-state index is -3.26. The van der Waals surface area contributed by atoms with Crippen molar-refractivity contribution >= 4 is 15.8 Å². The Morgan fingerprint density at radius 2 is 1.86 bits per heavy atom. The van der Waals surface area contributed by atoms with Gasteiger partial charge in [-0.05, 0) is 47.9 Å². The molecule has 0 atom stereocenters. The van der Waals surface area contributed by atoms with Crippen molar-refractivity contribution in [3.05, 3.63) is 64.7 Å². The minimum absolute atomic E-state index is 0.160. The van der Waals surface area contributed by atoms with E-state index in [1.54, 1.807) is 6.07 Å². The van der Waals surface area contributed by atoms with E-state index in [1.807, 2.05) is 6.92 Å². The van der Waals surface area contributed by atoms with Crippen LogP contribution in [0.25, 0.3) is 0 Å². The van der Waals surface area contributed by atoms with Gasteiger partial charge >= 0.3 is 0 Å². The van der Waals surface area contributed by atoms with Crippen LogP contribution in [0.1, 0.15) is 23.6 Å². The average molecular weight is 426 g/mol. The first-order chi connectivity index (χ1) is 13.7. The molecule has 0 aliphatic carbocycles. The molecule has 2 rings (SSSR count). The van der Waals surface area contributed by atoms with Crippen LogP contribution in [0.2, 0.25) is 0 Å². The Balaban J connectivity index is 2.14. The molecule has 0 saturated heterocycles. The molecule has 0 aliphatic heterocycles. The molecule has 2 aromatic carbocycles. The van der Waals surface area contributed by atoms with Gasteiger partial charge in [0, 0.05) is 19.3 Å². The molecule has 0 bridgehead atoms. The normalized spacial score (nSPS) is 12.0. The lowest BCUT2D eigenvalue weighted by Crippen LogP contribution is -2.37. The van der Waals surface area contributed by atoms with E-state index in [2.05, 4.69) is 15.6 Å². The number of ether oxygens (including phenoxy) is 1. The zero-order chi connectivity index (χ0) is 21.4. The summed E-state index contributed by atoms with van der Waals surface area (Å²) in [6.45, 7) is 2.88. The number of halogens is 2. The van der Waals surface area contributed by atoms with E-state index in [0.717, 1.165) is 6.26 Å². The quantitative estimate of drug-likeness (QED) is 0.502. The molecule has 9 heteroatoms. The highest BCUT2D eigenvalue weighted by molar-refractivity contribution is 7.89. The molecule has 0 unspecified atom stereocenters. The van der Waals surface area contributed by atoms with Gasteiger partial charge in [-0.15, -0.1) is 0 Å². The summed E-state index contributed by atoms with van der Waals surface area (Å²) in [5.74, 6) is -0.494. The molecule has 0 aliphatic rings. The second-order valence-corrected chi connectivity index (χ2v) is 8.64. The smallest absolute Gasteiger partial charge is 0.191 e. The summed E-state index contributed by atoms with van der Waals surface area (Å²) in [6.07, 6.45) is 1.13. The summed E-state index contributed by atoms with van der Waals surface area (Å²) in [4.78, 5) is 4.40. The van der Waals surface area contributed by atoms with Gasteiger partial charge in [0.15, 0.2) is 27.4 Å². The lowest BCUT2D eigenvalue weighted by Gasteiger charge is -2.14. The molecule has 0 fully saturated rings. The SMILES string of the molecule is CCNC(=NCc1ccc(OC)c(F)c1)NCc1cc(F)ccc1CS(C)(=O)=O. The molecule has 2 aromatic rings. The summed E-state index contributed by atoms with van der Waals surface area (Å²) in [5.41, 5.74) is 1.70. The minimum Gasteiger partial charge on any atom is -0.494 e. The van der Waals surface area contributed by atoms with Gasteiger partial charge in [0.2, 0.25) is 0 Å². The number of benzene rings is 2. The summed E-state index contributed by atoms with van der Waals surface area (Å²) >= 11 is 0. The highest BCUT2D eigenvalue weighted by Crippen LogP contribution is 2.18. The summed E-state index contributed by atoms with van der Waals surface area (Å²) in [5, 5.41) is 6.11. The van der Waals surface area contributed by atoms with Gasteiger partial charge in [-0.2, -0.15) is 0 Å². The second-order valence-electron chi connectivity index (χ2n) is 6.50. The highest BCUT2D eigenvalue weighted by atomic mass is 32.2. The van der Waals surface area contributed by atoms with Crippen LogP contribution in [0.4, 0.5) is 8.78 Å². The number of methoxy groups -OCH3 is 1. The fourth-order valence-corrected chi connectivity index (χ4v) is 3.53. The molecule has 2 N–H and O–H groups in total. The molecule has 0 heterocycles. The predicted molar refractivity (Wildman–Crippen MR) is 110 cm³/mol. The largest absolute Gasteiger partial charge is 0.494 e. The Bertz CT molecular complexity index is 979.